The molecule has 2 fully saturated rings. The minimum atomic E-state index is -4.89. The zero-order valence-corrected chi connectivity index (χ0v) is 39.0. The number of benzene rings is 2. The van der Waals surface area contributed by atoms with Crippen LogP contribution in [0.25, 0.3) is 0 Å². The summed E-state index contributed by atoms with van der Waals surface area (Å²) in [6.07, 6.45) is -13.2. The average Bonchev–Trinajstić information content (AvgIpc) is 4.16. The van der Waals surface area contributed by atoms with Gasteiger partial charge in [-0.05, 0) is 95.8 Å². The van der Waals surface area contributed by atoms with Crippen molar-refractivity contribution >= 4 is 47.0 Å². The van der Waals surface area contributed by atoms with E-state index in [1.54, 1.807) is 36.9 Å². The molecule has 15 nitrogen and oxygen atoms in total. The Morgan fingerprint density at radius 2 is 1.05 bits per heavy atom. The zero-order chi connectivity index (χ0) is 53.1. The Morgan fingerprint density at radius 3 is 1.47 bits per heavy atom. The van der Waals surface area contributed by atoms with Gasteiger partial charge in [0, 0.05) is 63.1 Å². The fourth-order valence-corrected chi connectivity index (χ4v) is 8.27. The number of hydrogen-bond donors (Lipinski definition) is 3. The third-order valence-corrected chi connectivity index (χ3v) is 11.7. The van der Waals surface area contributed by atoms with Crippen molar-refractivity contribution in [1.29, 1.82) is 0 Å². The van der Waals surface area contributed by atoms with Crippen LogP contribution in [0, 0.1) is 0 Å². The quantitative estimate of drug-likeness (QED) is 0.0928. The molecule has 0 saturated carbocycles. The number of amides is 1. The van der Waals surface area contributed by atoms with E-state index in [9.17, 15) is 62.3 Å². The summed E-state index contributed by atoms with van der Waals surface area (Å²) in [4.78, 5) is 34.7. The van der Waals surface area contributed by atoms with Crippen molar-refractivity contribution in [3.8, 4) is 11.8 Å². The van der Waals surface area contributed by atoms with Gasteiger partial charge in [-0.25, -0.2) is 0 Å². The van der Waals surface area contributed by atoms with E-state index in [-0.39, 0.29) is 37.4 Å². The standard InChI is InChI=1S/C22H19F6N5O2S.C12H15N5OS.C10H6F6O2/c23-21(24,25)15-1-2-17(22(26,27)28)14(9-15)10-18(34)30-16-5-8-33(11-16)19-20(32-36-31-19)35-12-13-3-6-29-7-4-13;13-10-3-6-17(7-10)11-12(16-19-15-11)18-8-9-1-4-14-5-2-9;11-9(12,13)6-1-2-7(10(14,15)16)5(3-6)4-8(17)18/h1-4,6-7,9,16H,5,8,10-12H2,(H,30,34);1-2,4-5,10H,3,6-8,13H2;1-3H,4H2,(H,17,18). The minimum absolute atomic E-state index is 0.205. The lowest BCUT2D eigenvalue weighted by Crippen LogP contribution is -2.38. The summed E-state index contributed by atoms with van der Waals surface area (Å²) in [5, 5.41) is 11.0. The number of rotatable bonds is 13. The number of alkyl halides is 12. The summed E-state index contributed by atoms with van der Waals surface area (Å²) in [5.41, 5.74) is 0.990. The Hall–Kier alpha value is -6.88. The number of aromatic nitrogens is 6. The van der Waals surface area contributed by atoms with Crippen molar-refractivity contribution in [1.82, 2.24) is 32.8 Å². The number of hydrogen-bond acceptors (Lipinski definition) is 15. The van der Waals surface area contributed by atoms with E-state index in [1.165, 1.54) is 11.7 Å². The largest absolute Gasteiger partial charge is 0.481 e. The molecule has 2 aliphatic heterocycles. The number of carboxylic acids is 1. The Kier molecular flexibility index (Phi) is 18.1. The highest BCUT2D eigenvalue weighted by molar-refractivity contribution is 6.99. The van der Waals surface area contributed by atoms with Crippen molar-refractivity contribution in [2.75, 3.05) is 36.0 Å². The van der Waals surface area contributed by atoms with E-state index in [4.69, 9.17) is 20.3 Å². The number of aliphatic carboxylic acids is 1. The zero-order valence-electron chi connectivity index (χ0n) is 37.4. The van der Waals surface area contributed by atoms with Crippen LogP contribution in [0.1, 0.15) is 57.3 Å². The third kappa shape index (κ3) is 16.1. The van der Waals surface area contributed by atoms with Gasteiger partial charge in [-0.1, -0.05) is 0 Å². The van der Waals surface area contributed by atoms with Gasteiger partial charge in [0.1, 0.15) is 13.2 Å². The lowest BCUT2D eigenvalue weighted by atomic mass is 10.00. The molecule has 2 aromatic carbocycles. The highest BCUT2D eigenvalue weighted by atomic mass is 32.1. The summed E-state index contributed by atoms with van der Waals surface area (Å²) in [7, 11) is 0. The summed E-state index contributed by atoms with van der Waals surface area (Å²) >= 11 is 2.12. The predicted molar refractivity (Wildman–Crippen MR) is 238 cm³/mol. The third-order valence-electron chi connectivity index (χ3n) is 10.7. The molecule has 2 unspecified atom stereocenters. The number of anilines is 2. The molecule has 4 aromatic heterocycles. The summed E-state index contributed by atoms with van der Waals surface area (Å²) < 4.78 is 182. The van der Waals surface area contributed by atoms with Crippen LogP contribution in [0.3, 0.4) is 0 Å². The Bertz CT molecular complexity index is 2760. The molecule has 0 aliphatic carbocycles. The van der Waals surface area contributed by atoms with Gasteiger partial charge in [0.25, 0.3) is 11.8 Å². The molecule has 392 valence electrons. The van der Waals surface area contributed by atoms with Gasteiger partial charge in [0.2, 0.25) is 17.5 Å². The van der Waals surface area contributed by atoms with Crippen LogP contribution in [0.2, 0.25) is 0 Å². The van der Waals surface area contributed by atoms with Crippen molar-refractivity contribution < 1.29 is 76.9 Å². The molecule has 73 heavy (non-hydrogen) atoms. The van der Waals surface area contributed by atoms with Crippen LogP contribution in [-0.2, 0) is 60.3 Å². The number of pyridine rings is 2. The number of carbonyl (C=O) groups is 2. The number of carbonyl (C=O) groups excluding carboxylic acids is 1. The smallest absolute Gasteiger partial charge is 0.416 e. The minimum Gasteiger partial charge on any atom is -0.481 e. The predicted octanol–water partition coefficient (Wildman–Crippen LogP) is 8.89. The van der Waals surface area contributed by atoms with E-state index < -0.39 is 88.8 Å². The van der Waals surface area contributed by atoms with E-state index in [0.717, 1.165) is 48.2 Å². The molecule has 4 N–H and O–H groups in total. The molecule has 8 rings (SSSR count). The number of carboxylic acid groups (broad SMARTS) is 1. The van der Waals surface area contributed by atoms with E-state index >= 15 is 0 Å². The normalized spacial score (nSPS) is 16.0. The number of nitrogens with two attached hydrogens (primary N) is 1. The Balaban J connectivity index is 0.000000197. The molecule has 2 atom stereocenters. The van der Waals surface area contributed by atoms with Crippen molar-refractivity contribution in [3.05, 3.63) is 130 Å². The first-order valence-electron chi connectivity index (χ1n) is 21.3. The number of halogens is 12. The van der Waals surface area contributed by atoms with E-state index in [0.29, 0.717) is 55.3 Å². The first kappa shape index (κ1) is 55.4. The molecule has 6 aromatic rings. The second-order valence-corrected chi connectivity index (χ2v) is 17.1. The molecule has 6 heterocycles. The fraction of sp³-hybridized carbons (Fsp3) is 0.364. The van der Waals surface area contributed by atoms with Crippen LogP contribution in [0.4, 0.5) is 64.3 Å². The number of ether oxygens (including phenoxy) is 2. The number of nitrogens with one attached hydrogen (secondary N) is 1. The van der Waals surface area contributed by atoms with Gasteiger partial charge in [-0.3, -0.25) is 19.6 Å². The molecule has 29 heteroatoms. The molecule has 0 bridgehead atoms. The summed E-state index contributed by atoms with van der Waals surface area (Å²) in [6, 6.07) is 8.99. The molecular formula is C44H40F12N10O5S2. The topological polar surface area (TPSA) is 195 Å². The van der Waals surface area contributed by atoms with Crippen LogP contribution in [-0.4, -0.2) is 82.7 Å². The average molecular weight is 1080 g/mol. The van der Waals surface area contributed by atoms with Gasteiger partial charge < -0.3 is 35.4 Å². The van der Waals surface area contributed by atoms with Crippen molar-refractivity contribution in [2.24, 2.45) is 5.73 Å². The SMILES string of the molecule is NC1CCN(c2nsnc2OCc2ccncc2)C1.O=C(Cc1cc(C(F)(F)F)ccc1C(F)(F)F)NC1CCN(c2nsnc2OCc2ccncc2)C1.O=C(O)Cc1cc(C(F)(F)F)ccc1C(F)(F)F. The molecule has 0 radical (unpaired) electrons. The van der Waals surface area contributed by atoms with E-state index in [1.807, 2.05) is 17.0 Å². The lowest BCUT2D eigenvalue weighted by Gasteiger charge is -2.18. The second kappa shape index (κ2) is 23.8. The number of nitrogens with zero attached hydrogens (tertiary/aromatic N) is 8. The summed E-state index contributed by atoms with van der Waals surface area (Å²) in [5.74, 6) is -0.259. The fourth-order valence-electron chi connectivity index (χ4n) is 7.23. The Labute approximate surface area is 414 Å². The highest BCUT2D eigenvalue weighted by Crippen LogP contribution is 2.39. The molecule has 2 saturated heterocycles. The lowest BCUT2D eigenvalue weighted by molar-refractivity contribution is -0.143. The second-order valence-electron chi connectivity index (χ2n) is 16.1. The molecule has 1 amide bonds. The molecule has 0 spiro atoms. The maximum Gasteiger partial charge on any atom is 0.416 e. The highest BCUT2D eigenvalue weighted by Gasteiger charge is 2.39. The van der Waals surface area contributed by atoms with Crippen LogP contribution >= 0.6 is 23.5 Å². The summed E-state index contributed by atoms with van der Waals surface area (Å²) in [6.45, 7) is 3.21. The van der Waals surface area contributed by atoms with Gasteiger partial charge in [0.05, 0.1) is 58.6 Å². The Morgan fingerprint density at radius 1 is 0.616 bits per heavy atom. The van der Waals surface area contributed by atoms with Crippen LogP contribution < -0.4 is 30.3 Å². The van der Waals surface area contributed by atoms with Crippen molar-refractivity contribution in [2.45, 2.75) is 75.7 Å². The monoisotopic (exact) mass is 1080 g/mol. The van der Waals surface area contributed by atoms with Gasteiger partial charge >= 0.3 is 30.7 Å². The molecule has 2 aliphatic rings. The van der Waals surface area contributed by atoms with Crippen LogP contribution in [0.15, 0.2) is 85.5 Å². The van der Waals surface area contributed by atoms with Gasteiger partial charge in [-0.15, -0.1) is 8.75 Å². The van der Waals surface area contributed by atoms with Gasteiger partial charge in [0.15, 0.2) is 0 Å². The first-order valence-corrected chi connectivity index (χ1v) is 22.8. The van der Waals surface area contributed by atoms with E-state index in [2.05, 4.69) is 37.7 Å². The maximum atomic E-state index is 13.3. The first-order chi connectivity index (χ1) is 34.3. The maximum absolute atomic E-state index is 13.3. The van der Waals surface area contributed by atoms with Gasteiger partial charge in [-0.2, -0.15) is 61.4 Å². The van der Waals surface area contributed by atoms with Crippen molar-refractivity contribution in [3.63, 3.8) is 0 Å². The van der Waals surface area contributed by atoms with Crippen LogP contribution in [0.5, 0.6) is 11.8 Å². The molecular weight excluding hydrogens is 1040 g/mol.